The van der Waals surface area contributed by atoms with E-state index in [4.69, 9.17) is 13.6 Å². The molecule has 4 aromatic rings. The van der Waals surface area contributed by atoms with Gasteiger partial charge in [-0.2, -0.15) is 0 Å². The van der Waals surface area contributed by atoms with Gasteiger partial charge in [0.25, 0.3) is 0 Å². The minimum Gasteiger partial charge on any atom is -0.461 e. The van der Waals surface area contributed by atoms with Gasteiger partial charge < -0.3 is 13.6 Å². The van der Waals surface area contributed by atoms with Crippen LogP contribution >= 0.6 is 15.9 Å². The van der Waals surface area contributed by atoms with E-state index in [0.29, 0.717) is 22.3 Å². The number of hydrogen-bond acceptors (Lipinski definition) is 5. The number of benzene rings is 2. The van der Waals surface area contributed by atoms with Gasteiger partial charge in [-0.15, -0.1) is 0 Å². The first-order chi connectivity index (χ1) is 12.6. The van der Waals surface area contributed by atoms with Crippen LogP contribution in [-0.2, 0) is 0 Å². The summed E-state index contributed by atoms with van der Waals surface area (Å²) in [5, 5.41) is 0.321. The van der Waals surface area contributed by atoms with Crippen molar-refractivity contribution >= 4 is 32.9 Å². The Morgan fingerprint density at radius 3 is 2.46 bits per heavy atom. The van der Waals surface area contributed by atoms with Crippen LogP contribution in [0.15, 0.2) is 85.0 Å². The van der Waals surface area contributed by atoms with Gasteiger partial charge in [-0.3, -0.25) is 4.79 Å². The van der Waals surface area contributed by atoms with Crippen molar-refractivity contribution in [3.05, 3.63) is 87.2 Å². The molecular weight excluding hydrogens is 400 g/mol. The standard InChI is InChI=1S/C20H11BrO5/c21-13-9-7-12(8-10-13)20(23)26-19-17(22)14-4-1-2-5-15(14)25-18(19)16-6-3-11-24-16/h1-11H. The van der Waals surface area contributed by atoms with Crippen molar-refractivity contribution in [3.8, 4) is 17.3 Å². The zero-order valence-electron chi connectivity index (χ0n) is 13.3. The smallest absolute Gasteiger partial charge is 0.343 e. The van der Waals surface area contributed by atoms with Crippen molar-refractivity contribution in [1.82, 2.24) is 0 Å². The summed E-state index contributed by atoms with van der Waals surface area (Å²) in [6.45, 7) is 0. The first kappa shape index (κ1) is 16.4. The molecule has 0 saturated carbocycles. The third kappa shape index (κ3) is 2.95. The monoisotopic (exact) mass is 410 g/mol. The zero-order valence-corrected chi connectivity index (χ0v) is 14.9. The normalized spacial score (nSPS) is 10.8. The van der Waals surface area contributed by atoms with Gasteiger partial charge in [0.2, 0.25) is 16.9 Å². The molecule has 5 nitrogen and oxygen atoms in total. The summed E-state index contributed by atoms with van der Waals surface area (Å²) >= 11 is 3.31. The molecule has 0 amide bonds. The Morgan fingerprint density at radius 2 is 1.73 bits per heavy atom. The number of esters is 1. The number of ether oxygens (including phenoxy) is 1. The predicted octanol–water partition coefficient (Wildman–Crippen LogP) is 5.03. The molecule has 0 unspecified atom stereocenters. The SMILES string of the molecule is O=C(Oc1c(-c2ccco2)oc2ccccc2c1=O)c1ccc(Br)cc1. The highest BCUT2D eigenvalue weighted by Gasteiger charge is 2.22. The summed E-state index contributed by atoms with van der Waals surface area (Å²) in [6, 6.07) is 16.7. The molecule has 0 radical (unpaired) electrons. The van der Waals surface area contributed by atoms with Crippen LogP contribution in [0.2, 0.25) is 0 Å². The van der Waals surface area contributed by atoms with Crippen LogP contribution < -0.4 is 10.2 Å². The topological polar surface area (TPSA) is 69.7 Å². The molecule has 4 rings (SSSR count). The first-order valence-corrected chi connectivity index (χ1v) is 8.50. The number of furan rings is 1. The van der Waals surface area contributed by atoms with Crippen molar-refractivity contribution in [2.24, 2.45) is 0 Å². The summed E-state index contributed by atoms with van der Waals surface area (Å²) in [5.41, 5.74) is 0.252. The molecule has 0 aliphatic heterocycles. The maximum absolute atomic E-state index is 12.9. The van der Waals surface area contributed by atoms with Gasteiger partial charge in [0, 0.05) is 4.47 Å². The maximum Gasteiger partial charge on any atom is 0.343 e. The summed E-state index contributed by atoms with van der Waals surface area (Å²) in [7, 11) is 0. The first-order valence-electron chi connectivity index (χ1n) is 7.71. The van der Waals surface area contributed by atoms with E-state index in [-0.39, 0.29) is 11.5 Å². The minimum absolute atomic E-state index is 0.0733. The quantitative estimate of drug-likeness (QED) is 0.442. The van der Waals surface area contributed by atoms with Gasteiger partial charge in [-0.25, -0.2) is 4.79 Å². The van der Waals surface area contributed by atoms with Gasteiger partial charge in [0.1, 0.15) is 5.58 Å². The lowest BCUT2D eigenvalue weighted by molar-refractivity contribution is 0.0731. The second kappa shape index (κ2) is 6.65. The van der Waals surface area contributed by atoms with Crippen LogP contribution in [0.4, 0.5) is 0 Å². The van der Waals surface area contributed by atoms with Crippen LogP contribution in [0.5, 0.6) is 5.75 Å². The zero-order chi connectivity index (χ0) is 18.1. The van der Waals surface area contributed by atoms with Gasteiger partial charge in [-0.1, -0.05) is 28.1 Å². The average molecular weight is 411 g/mol. The predicted molar refractivity (Wildman–Crippen MR) is 99.3 cm³/mol. The van der Waals surface area contributed by atoms with Crippen molar-refractivity contribution in [3.63, 3.8) is 0 Å². The van der Waals surface area contributed by atoms with Crippen LogP contribution in [0.25, 0.3) is 22.5 Å². The Kier molecular flexibility index (Phi) is 4.18. The molecule has 128 valence electrons. The van der Waals surface area contributed by atoms with Crippen molar-refractivity contribution < 1.29 is 18.4 Å². The Balaban J connectivity index is 1.86. The van der Waals surface area contributed by atoms with Gasteiger partial charge >= 0.3 is 5.97 Å². The molecule has 0 saturated heterocycles. The molecule has 0 bridgehead atoms. The highest BCUT2D eigenvalue weighted by atomic mass is 79.9. The highest BCUT2D eigenvalue weighted by molar-refractivity contribution is 9.10. The van der Waals surface area contributed by atoms with E-state index in [1.54, 1.807) is 60.7 Å². The van der Waals surface area contributed by atoms with E-state index in [9.17, 15) is 9.59 Å². The van der Waals surface area contributed by atoms with E-state index >= 15 is 0 Å². The fraction of sp³-hybridized carbons (Fsp3) is 0. The van der Waals surface area contributed by atoms with Crippen molar-refractivity contribution in [2.45, 2.75) is 0 Å². The molecule has 0 aliphatic rings. The molecule has 2 heterocycles. The van der Waals surface area contributed by atoms with Crippen LogP contribution in [0.1, 0.15) is 10.4 Å². The molecule has 0 aliphatic carbocycles. The van der Waals surface area contributed by atoms with Crippen LogP contribution in [-0.4, -0.2) is 5.97 Å². The molecular formula is C20H11BrO5. The lowest BCUT2D eigenvalue weighted by atomic mass is 10.2. The van der Waals surface area contributed by atoms with E-state index < -0.39 is 11.4 Å². The molecule has 6 heteroatoms. The number of carbonyl (C=O) groups excluding carboxylic acids is 1. The number of fused-ring (bicyclic) bond motifs is 1. The third-order valence-corrected chi connectivity index (χ3v) is 4.30. The Morgan fingerprint density at radius 1 is 0.962 bits per heavy atom. The molecule has 0 fully saturated rings. The number of carbonyl (C=O) groups is 1. The number of hydrogen-bond donors (Lipinski definition) is 0. The molecule has 0 atom stereocenters. The third-order valence-electron chi connectivity index (χ3n) is 3.78. The summed E-state index contributed by atoms with van der Waals surface area (Å²) in [6.07, 6.45) is 1.45. The molecule has 2 aromatic heterocycles. The number of halogens is 1. The summed E-state index contributed by atoms with van der Waals surface area (Å²) in [5.74, 6) is -0.491. The Bertz CT molecular complexity index is 1140. The van der Waals surface area contributed by atoms with Gasteiger partial charge in [-0.05, 0) is 48.5 Å². The lowest BCUT2D eigenvalue weighted by Crippen LogP contribution is -2.16. The van der Waals surface area contributed by atoms with Gasteiger partial charge in [0.15, 0.2) is 5.76 Å². The van der Waals surface area contributed by atoms with Gasteiger partial charge in [0.05, 0.1) is 17.2 Å². The van der Waals surface area contributed by atoms with Crippen molar-refractivity contribution in [1.29, 1.82) is 0 Å². The summed E-state index contributed by atoms with van der Waals surface area (Å²) < 4.78 is 17.4. The minimum atomic E-state index is -0.659. The maximum atomic E-state index is 12.9. The fourth-order valence-electron chi connectivity index (χ4n) is 2.53. The Hall–Kier alpha value is -3.12. The second-order valence-electron chi connectivity index (χ2n) is 5.46. The highest BCUT2D eigenvalue weighted by Crippen LogP contribution is 2.31. The van der Waals surface area contributed by atoms with Crippen LogP contribution in [0.3, 0.4) is 0 Å². The van der Waals surface area contributed by atoms with E-state index in [1.165, 1.54) is 6.26 Å². The fourth-order valence-corrected chi connectivity index (χ4v) is 2.79. The number of rotatable bonds is 3. The van der Waals surface area contributed by atoms with Crippen molar-refractivity contribution in [2.75, 3.05) is 0 Å². The molecule has 26 heavy (non-hydrogen) atoms. The van der Waals surface area contributed by atoms with E-state index in [2.05, 4.69) is 15.9 Å². The average Bonchev–Trinajstić information content (AvgIpc) is 3.19. The molecule has 0 N–H and O–H groups in total. The van der Waals surface area contributed by atoms with Crippen LogP contribution in [0, 0.1) is 0 Å². The lowest BCUT2D eigenvalue weighted by Gasteiger charge is -2.09. The molecule has 2 aromatic carbocycles. The van der Waals surface area contributed by atoms with E-state index in [1.807, 2.05) is 0 Å². The summed E-state index contributed by atoms with van der Waals surface area (Å²) in [4.78, 5) is 25.4. The Labute approximate surface area is 155 Å². The second-order valence-corrected chi connectivity index (χ2v) is 6.37. The largest absolute Gasteiger partial charge is 0.461 e. The van der Waals surface area contributed by atoms with E-state index in [0.717, 1.165) is 4.47 Å². The molecule has 0 spiro atoms. The number of para-hydroxylation sites is 1.